The van der Waals surface area contributed by atoms with Crippen molar-refractivity contribution in [1.29, 1.82) is 0 Å². The first-order valence-corrected chi connectivity index (χ1v) is 10.6. The monoisotopic (exact) mass is 359 g/mol. The van der Waals surface area contributed by atoms with Gasteiger partial charge in [-0.15, -0.1) is 0 Å². The zero-order valence-corrected chi connectivity index (χ0v) is 14.5. The van der Waals surface area contributed by atoms with Crippen LogP contribution < -0.4 is 0 Å². The smallest absolute Gasteiger partial charge is 0.207 e. The molecule has 0 radical (unpaired) electrons. The second kappa shape index (κ2) is 6.48. The Kier molecular flexibility index (Phi) is 4.75. The van der Waals surface area contributed by atoms with Crippen molar-refractivity contribution in [2.45, 2.75) is 17.7 Å². The minimum Gasteiger partial charge on any atom is -0.207 e. The van der Waals surface area contributed by atoms with Gasteiger partial charge in [0.1, 0.15) is 0 Å². The molecule has 0 bridgehead atoms. The molecular weight excluding hydrogens is 338 g/mol. The van der Waals surface area contributed by atoms with E-state index in [1.807, 2.05) is 0 Å². The van der Waals surface area contributed by atoms with Crippen molar-refractivity contribution in [2.75, 3.05) is 39.3 Å². The predicted octanol–water partition coefficient (Wildman–Crippen LogP) is 0.334. The normalized spacial score (nSPS) is 22.4. The first-order chi connectivity index (χ1) is 10.9. The minimum atomic E-state index is -3.55. The summed E-state index contributed by atoms with van der Waals surface area (Å²) in [4.78, 5) is 0.246. The van der Waals surface area contributed by atoms with E-state index in [1.165, 1.54) is 12.9 Å². The molecule has 23 heavy (non-hydrogen) atoms. The lowest BCUT2D eigenvalue weighted by atomic mass is 10.4. The molecule has 0 amide bonds. The van der Waals surface area contributed by atoms with Crippen LogP contribution in [0.2, 0.25) is 0 Å². The molecule has 1 aromatic carbocycles. The Labute approximate surface area is 137 Å². The maximum Gasteiger partial charge on any atom is 0.282 e. The molecule has 0 N–H and O–H groups in total. The summed E-state index contributed by atoms with van der Waals surface area (Å²) >= 11 is 0. The number of hydrogen-bond acceptors (Lipinski definition) is 4. The molecule has 3 rings (SSSR count). The fourth-order valence-electron chi connectivity index (χ4n) is 2.96. The molecule has 2 aliphatic rings. The molecule has 7 nitrogen and oxygen atoms in total. The molecule has 128 valence electrons. The maximum atomic E-state index is 12.5. The third-order valence-electron chi connectivity index (χ3n) is 4.30. The van der Waals surface area contributed by atoms with Gasteiger partial charge in [0.15, 0.2) is 0 Å². The number of benzene rings is 1. The van der Waals surface area contributed by atoms with Crippen molar-refractivity contribution in [3.05, 3.63) is 30.3 Å². The standard InChI is InChI=1S/C14H21N3O4S2/c18-22(19,14-6-2-1-3-7-14)15-10-12-17(13-11-15)23(20,21)16-8-4-5-9-16/h1-3,6-7H,4-5,8-13H2. The molecule has 0 aliphatic carbocycles. The lowest BCUT2D eigenvalue weighted by Crippen LogP contribution is -2.53. The highest BCUT2D eigenvalue weighted by Crippen LogP contribution is 2.21. The van der Waals surface area contributed by atoms with Crippen molar-refractivity contribution < 1.29 is 16.8 Å². The van der Waals surface area contributed by atoms with E-state index in [1.54, 1.807) is 30.3 Å². The van der Waals surface area contributed by atoms with Gasteiger partial charge in [0.05, 0.1) is 4.90 Å². The summed E-state index contributed by atoms with van der Waals surface area (Å²) in [6.45, 7) is 1.89. The first kappa shape index (κ1) is 16.8. The van der Waals surface area contributed by atoms with E-state index in [2.05, 4.69) is 0 Å². The van der Waals surface area contributed by atoms with Gasteiger partial charge in [-0.05, 0) is 25.0 Å². The van der Waals surface area contributed by atoms with Crippen molar-refractivity contribution in [2.24, 2.45) is 0 Å². The van der Waals surface area contributed by atoms with Crippen LogP contribution in [0.4, 0.5) is 0 Å². The summed E-state index contributed by atoms with van der Waals surface area (Å²) in [6.07, 6.45) is 1.78. The Bertz CT molecular complexity index is 735. The van der Waals surface area contributed by atoms with Crippen LogP contribution in [-0.2, 0) is 20.2 Å². The SMILES string of the molecule is O=S(=O)(c1ccccc1)N1CCN(S(=O)(=O)N2CCCC2)CC1. The molecule has 0 saturated carbocycles. The number of hydrogen-bond donors (Lipinski definition) is 0. The van der Waals surface area contributed by atoms with Gasteiger partial charge in [0, 0.05) is 39.3 Å². The van der Waals surface area contributed by atoms with Gasteiger partial charge >= 0.3 is 0 Å². The van der Waals surface area contributed by atoms with Gasteiger partial charge in [-0.1, -0.05) is 18.2 Å². The van der Waals surface area contributed by atoms with Crippen molar-refractivity contribution in [3.63, 3.8) is 0 Å². The molecule has 1 aromatic rings. The van der Waals surface area contributed by atoms with Crippen LogP contribution in [0.1, 0.15) is 12.8 Å². The highest BCUT2D eigenvalue weighted by molar-refractivity contribution is 7.89. The highest BCUT2D eigenvalue weighted by atomic mass is 32.2. The molecule has 0 atom stereocenters. The van der Waals surface area contributed by atoms with Gasteiger partial charge in [0.2, 0.25) is 10.0 Å². The van der Waals surface area contributed by atoms with Gasteiger partial charge in [-0.2, -0.15) is 21.3 Å². The van der Waals surface area contributed by atoms with Crippen LogP contribution in [0.5, 0.6) is 0 Å². The number of sulfonamides is 1. The van der Waals surface area contributed by atoms with E-state index in [4.69, 9.17) is 0 Å². The van der Waals surface area contributed by atoms with Crippen LogP contribution in [0.15, 0.2) is 35.2 Å². The second-order valence-corrected chi connectivity index (χ2v) is 9.60. The largest absolute Gasteiger partial charge is 0.282 e. The summed E-state index contributed by atoms with van der Waals surface area (Å²) in [7, 11) is -7.00. The Morgan fingerprint density at radius 2 is 1.13 bits per heavy atom. The fraction of sp³-hybridized carbons (Fsp3) is 0.571. The molecule has 0 aromatic heterocycles. The van der Waals surface area contributed by atoms with Gasteiger partial charge in [-0.3, -0.25) is 0 Å². The Morgan fingerprint density at radius 1 is 0.652 bits per heavy atom. The van der Waals surface area contributed by atoms with Gasteiger partial charge in [0.25, 0.3) is 10.2 Å². The third-order valence-corrected chi connectivity index (χ3v) is 8.24. The molecule has 0 unspecified atom stereocenters. The molecule has 2 aliphatic heterocycles. The predicted molar refractivity (Wildman–Crippen MR) is 86.5 cm³/mol. The second-order valence-electron chi connectivity index (χ2n) is 5.73. The van der Waals surface area contributed by atoms with Crippen molar-refractivity contribution in [1.82, 2.24) is 12.9 Å². The summed E-state index contributed by atoms with van der Waals surface area (Å²) in [5, 5.41) is 0. The molecule has 2 heterocycles. The lowest BCUT2D eigenvalue weighted by Gasteiger charge is -2.35. The molecule has 2 saturated heterocycles. The van der Waals surface area contributed by atoms with E-state index >= 15 is 0 Å². The first-order valence-electron chi connectivity index (χ1n) is 7.73. The summed E-state index contributed by atoms with van der Waals surface area (Å²) in [6, 6.07) is 8.24. The lowest BCUT2D eigenvalue weighted by molar-refractivity contribution is 0.259. The zero-order valence-electron chi connectivity index (χ0n) is 12.8. The quantitative estimate of drug-likeness (QED) is 0.776. The molecule has 0 spiro atoms. The number of nitrogens with zero attached hydrogens (tertiary/aromatic N) is 3. The average molecular weight is 359 g/mol. The van der Waals surface area contributed by atoms with Crippen molar-refractivity contribution in [3.8, 4) is 0 Å². The molecule has 9 heteroatoms. The fourth-order valence-corrected chi connectivity index (χ4v) is 6.08. The molecule has 2 fully saturated rings. The highest BCUT2D eigenvalue weighted by Gasteiger charge is 2.36. The molecular formula is C14H21N3O4S2. The maximum absolute atomic E-state index is 12.5. The number of rotatable bonds is 4. The Morgan fingerprint density at radius 3 is 1.70 bits per heavy atom. The average Bonchev–Trinajstić information content (AvgIpc) is 3.11. The zero-order chi connectivity index (χ0) is 16.5. The number of piperazine rings is 1. The topological polar surface area (TPSA) is 78.0 Å². The van der Waals surface area contributed by atoms with Crippen LogP contribution in [0, 0.1) is 0 Å². The third kappa shape index (κ3) is 3.29. The van der Waals surface area contributed by atoms with E-state index < -0.39 is 20.2 Å². The van der Waals surface area contributed by atoms with E-state index in [0.29, 0.717) is 13.1 Å². The summed E-state index contributed by atoms with van der Waals surface area (Å²) in [5.41, 5.74) is 0. The van der Waals surface area contributed by atoms with Crippen LogP contribution in [0.25, 0.3) is 0 Å². The summed E-state index contributed by atoms with van der Waals surface area (Å²) in [5.74, 6) is 0. The minimum absolute atomic E-state index is 0.185. The van der Waals surface area contributed by atoms with Crippen LogP contribution >= 0.6 is 0 Å². The van der Waals surface area contributed by atoms with E-state index in [-0.39, 0.29) is 31.1 Å². The Hall–Kier alpha value is -1.00. The van der Waals surface area contributed by atoms with E-state index in [0.717, 1.165) is 12.8 Å². The van der Waals surface area contributed by atoms with Gasteiger partial charge < -0.3 is 0 Å². The summed E-state index contributed by atoms with van der Waals surface area (Å²) < 4.78 is 54.3. The Balaban J connectivity index is 1.69. The van der Waals surface area contributed by atoms with Crippen molar-refractivity contribution >= 4 is 20.2 Å². The van der Waals surface area contributed by atoms with E-state index in [9.17, 15) is 16.8 Å². The van der Waals surface area contributed by atoms with Crippen LogP contribution in [-0.4, -0.2) is 69.0 Å². The van der Waals surface area contributed by atoms with Crippen LogP contribution in [0.3, 0.4) is 0 Å². The van der Waals surface area contributed by atoms with Gasteiger partial charge in [-0.25, -0.2) is 8.42 Å².